The predicted octanol–water partition coefficient (Wildman–Crippen LogP) is 2.33. The van der Waals surface area contributed by atoms with E-state index in [9.17, 15) is 0 Å². The summed E-state index contributed by atoms with van der Waals surface area (Å²) in [4.78, 5) is 4.12. The molecule has 5 heteroatoms. The standard InChI is InChI=1S/C15H18N4O/c1-11-5-3-6-12(2)14(11)10-18-19-15(16)17-9-13-7-4-8-20-13/h3-8,10H,9H2,1-2H3,(H3,16,17,19). The molecule has 2 aromatic rings. The molecule has 0 bridgehead atoms. The number of rotatable bonds is 4. The highest BCUT2D eigenvalue weighted by atomic mass is 16.3. The molecule has 0 amide bonds. The summed E-state index contributed by atoms with van der Waals surface area (Å²) >= 11 is 0. The topological polar surface area (TPSA) is 75.9 Å². The number of aliphatic imine (C=N–C) groups is 1. The van der Waals surface area contributed by atoms with E-state index in [0.717, 1.165) is 11.3 Å². The van der Waals surface area contributed by atoms with Crippen LogP contribution < -0.4 is 11.2 Å². The SMILES string of the molecule is Cc1cccc(C)c1C=NNC(N)=NCc1ccco1. The Morgan fingerprint density at radius 1 is 1.25 bits per heavy atom. The molecule has 5 nitrogen and oxygen atoms in total. The first-order valence-electron chi connectivity index (χ1n) is 6.34. The number of aryl methyl sites for hydroxylation is 2. The molecule has 3 N–H and O–H groups in total. The lowest BCUT2D eigenvalue weighted by Gasteiger charge is -2.04. The predicted molar refractivity (Wildman–Crippen MR) is 80.7 cm³/mol. The van der Waals surface area contributed by atoms with Crippen molar-refractivity contribution in [1.29, 1.82) is 0 Å². The molecule has 1 aromatic carbocycles. The van der Waals surface area contributed by atoms with Gasteiger partial charge in [-0.2, -0.15) is 5.10 Å². The van der Waals surface area contributed by atoms with Crippen LogP contribution in [-0.4, -0.2) is 12.2 Å². The molecule has 104 valence electrons. The van der Waals surface area contributed by atoms with Crippen LogP contribution in [0.5, 0.6) is 0 Å². The number of nitrogens with one attached hydrogen (secondary N) is 1. The van der Waals surface area contributed by atoms with Crippen LogP contribution >= 0.6 is 0 Å². The van der Waals surface area contributed by atoms with E-state index in [1.54, 1.807) is 12.5 Å². The Morgan fingerprint density at radius 2 is 2.00 bits per heavy atom. The van der Waals surface area contributed by atoms with Gasteiger partial charge in [0.15, 0.2) is 0 Å². The Kier molecular flexibility index (Phi) is 4.55. The van der Waals surface area contributed by atoms with Gasteiger partial charge in [-0.15, -0.1) is 0 Å². The van der Waals surface area contributed by atoms with Gasteiger partial charge in [0.1, 0.15) is 12.3 Å². The molecule has 1 aromatic heterocycles. The first-order valence-corrected chi connectivity index (χ1v) is 6.34. The largest absolute Gasteiger partial charge is 0.467 e. The molecule has 0 fully saturated rings. The molecular weight excluding hydrogens is 252 g/mol. The van der Waals surface area contributed by atoms with Crippen molar-refractivity contribution in [2.24, 2.45) is 15.8 Å². The smallest absolute Gasteiger partial charge is 0.209 e. The summed E-state index contributed by atoms with van der Waals surface area (Å²) in [6, 6.07) is 9.77. The molecule has 2 rings (SSSR count). The van der Waals surface area contributed by atoms with E-state index >= 15 is 0 Å². The lowest BCUT2D eigenvalue weighted by Crippen LogP contribution is -2.27. The number of furan rings is 1. The lowest BCUT2D eigenvalue weighted by atomic mass is 10.0. The van der Waals surface area contributed by atoms with Crippen molar-refractivity contribution < 1.29 is 4.42 Å². The third-order valence-corrected chi connectivity index (χ3v) is 2.90. The van der Waals surface area contributed by atoms with Crippen LogP contribution in [-0.2, 0) is 6.54 Å². The highest BCUT2D eigenvalue weighted by Crippen LogP contribution is 2.10. The van der Waals surface area contributed by atoms with Crippen molar-refractivity contribution in [1.82, 2.24) is 5.43 Å². The summed E-state index contributed by atoms with van der Waals surface area (Å²) < 4.78 is 5.16. The van der Waals surface area contributed by atoms with Crippen LogP contribution in [0.3, 0.4) is 0 Å². The molecule has 0 aliphatic carbocycles. The third kappa shape index (κ3) is 3.71. The average molecular weight is 270 g/mol. The Balaban J connectivity index is 1.94. The minimum absolute atomic E-state index is 0.254. The number of hydrogen-bond donors (Lipinski definition) is 2. The summed E-state index contributed by atoms with van der Waals surface area (Å²) in [5.41, 5.74) is 11.8. The maximum Gasteiger partial charge on any atom is 0.209 e. The lowest BCUT2D eigenvalue weighted by molar-refractivity contribution is 0.512. The van der Waals surface area contributed by atoms with Gasteiger partial charge < -0.3 is 10.2 Å². The van der Waals surface area contributed by atoms with E-state index in [2.05, 4.69) is 15.5 Å². The minimum atomic E-state index is 0.254. The molecule has 0 radical (unpaired) electrons. The van der Waals surface area contributed by atoms with E-state index in [4.69, 9.17) is 10.2 Å². The van der Waals surface area contributed by atoms with E-state index in [1.807, 2.05) is 44.2 Å². The second kappa shape index (κ2) is 6.56. The number of nitrogens with two attached hydrogens (primary N) is 1. The number of nitrogens with zero attached hydrogens (tertiary/aromatic N) is 2. The first kappa shape index (κ1) is 13.9. The van der Waals surface area contributed by atoms with E-state index in [-0.39, 0.29) is 5.96 Å². The number of hydrogen-bond acceptors (Lipinski definition) is 3. The van der Waals surface area contributed by atoms with E-state index < -0.39 is 0 Å². The van der Waals surface area contributed by atoms with Crippen LogP contribution in [0.25, 0.3) is 0 Å². The zero-order chi connectivity index (χ0) is 14.4. The van der Waals surface area contributed by atoms with Crippen LogP contribution in [0.1, 0.15) is 22.5 Å². The highest BCUT2D eigenvalue weighted by Gasteiger charge is 1.98. The number of hydrazone groups is 1. The average Bonchev–Trinajstić information content (AvgIpc) is 2.93. The first-order chi connectivity index (χ1) is 9.66. The molecule has 0 saturated carbocycles. The molecule has 20 heavy (non-hydrogen) atoms. The van der Waals surface area contributed by atoms with Crippen molar-refractivity contribution >= 4 is 12.2 Å². The molecule has 0 aliphatic rings. The summed E-state index contributed by atoms with van der Waals surface area (Å²) in [7, 11) is 0. The molecule has 0 aliphatic heterocycles. The van der Waals surface area contributed by atoms with E-state index in [1.165, 1.54) is 11.1 Å². The number of guanidine groups is 1. The second-order valence-electron chi connectivity index (χ2n) is 4.46. The van der Waals surface area contributed by atoms with Crippen molar-refractivity contribution in [3.05, 3.63) is 59.0 Å². The molecule has 0 atom stereocenters. The van der Waals surface area contributed by atoms with Gasteiger partial charge in [-0.1, -0.05) is 18.2 Å². The van der Waals surface area contributed by atoms with Crippen molar-refractivity contribution in [2.45, 2.75) is 20.4 Å². The Labute approximate surface area is 118 Å². The van der Waals surface area contributed by atoms with Crippen LogP contribution in [0.15, 0.2) is 51.1 Å². The molecular formula is C15H18N4O. The van der Waals surface area contributed by atoms with Gasteiger partial charge in [0, 0.05) is 5.56 Å². The zero-order valence-corrected chi connectivity index (χ0v) is 11.6. The molecule has 0 unspecified atom stereocenters. The second-order valence-corrected chi connectivity index (χ2v) is 4.46. The fourth-order valence-corrected chi connectivity index (χ4v) is 1.79. The fourth-order valence-electron chi connectivity index (χ4n) is 1.79. The van der Waals surface area contributed by atoms with Crippen LogP contribution in [0, 0.1) is 13.8 Å². The third-order valence-electron chi connectivity index (χ3n) is 2.90. The summed E-state index contributed by atoms with van der Waals surface area (Å²) in [6.07, 6.45) is 3.35. The summed E-state index contributed by atoms with van der Waals surface area (Å²) in [6.45, 7) is 4.48. The van der Waals surface area contributed by atoms with Gasteiger partial charge in [0.05, 0.1) is 12.5 Å². The van der Waals surface area contributed by atoms with Gasteiger partial charge >= 0.3 is 0 Å². The van der Waals surface area contributed by atoms with Gasteiger partial charge in [0.2, 0.25) is 5.96 Å². The van der Waals surface area contributed by atoms with Crippen molar-refractivity contribution in [2.75, 3.05) is 0 Å². The maximum absolute atomic E-state index is 5.71. The fraction of sp³-hybridized carbons (Fsp3) is 0.200. The summed E-state index contributed by atoms with van der Waals surface area (Å²) in [5.74, 6) is 1.01. The molecule has 1 heterocycles. The Hall–Kier alpha value is -2.56. The number of benzene rings is 1. The monoisotopic (exact) mass is 270 g/mol. The molecule has 0 saturated heterocycles. The quantitative estimate of drug-likeness (QED) is 0.508. The van der Waals surface area contributed by atoms with Gasteiger partial charge in [-0.05, 0) is 37.1 Å². The van der Waals surface area contributed by atoms with Crippen LogP contribution in [0.4, 0.5) is 0 Å². The maximum atomic E-state index is 5.71. The zero-order valence-electron chi connectivity index (χ0n) is 11.6. The van der Waals surface area contributed by atoms with Crippen LogP contribution in [0.2, 0.25) is 0 Å². The highest BCUT2D eigenvalue weighted by molar-refractivity contribution is 5.85. The Bertz CT molecular complexity index is 595. The van der Waals surface area contributed by atoms with Crippen molar-refractivity contribution in [3.63, 3.8) is 0 Å². The van der Waals surface area contributed by atoms with E-state index in [0.29, 0.717) is 6.54 Å². The normalized spacial score (nSPS) is 12.0. The minimum Gasteiger partial charge on any atom is -0.467 e. The molecule has 0 spiro atoms. The van der Waals surface area contributed by atoms with Crippen molar-refractivity contribution in [3.8, 4) is 0 Å². The van der Waals surface area contributed by atoms with Gasteiger partial charge in [-0.25, -0.2) is 10.4 Å². The van der Waals surface area contributed by atoms with Gasteiger partial charge in [0.25, 0.3) is 0 Å². The van der Waals surface area contributed by atoms with Gasteiger partial charge in [-0.3, -0.25) is 0 Å². The summed E-state index contributed by atoms with van der Waals surface area (Å²) in [5, 5.41) is 4.10. The Morgan fingerprint density at radius 3 is 2.65 bits per heavy atom.